The molecule has 1 rings (SSSR count). The third kappa shape index (κ3) is 6.97. The normalized spacial score (nSPS) is 10.5. The highest BCUT2D eigenvalue weighted by atomic mass is 32.1. The smallest absolute Gasteiger partial charge is 0.253 e. The number of quaternary nitrogens is 1. The van der Waals surface area contributed by atoms with Gasteiger partial charge in [0, 0.05) is 37.3 Å². The number of carbonyl (C=O) groups is 1. The molecule has 0 aliphatic heterocycles. The first-order valence-corrected chi connectivity index (χ1v) is 8.62. The van der Waals surface area contributed by atoms with E-state index in [1.165, 1.54) is 4.90 Å². The van der Waals surface area contributed by atoms with Crippen molar-refractivity contribution in [3.05, 3.63) is 29.8 Å². The van der Waals surface area contributed by atoms with E-state index in [0.717, 1.165) is 38.3 Å². The molecule has 0 saturated carbocycles. The summed E-state index contributed by atoms with van der Waals surface area (Å²) in [5, 5.41) is 6.95. The fraction of sp³-hybridized carbons (Fsp3) is 0.529. The molecular formula is C17H29N4OS+. The lowest BCUT2D eigenvalue weighted by Crippen LogP contribution is -3.05. The van der Waals surface area contributed by atoms with Crippen molar-refractivity contribution in [2.45, 2.75) is 20.3 Å². The molecule has 1 amide bonds. The molecule has 6 heteroatoms. The van der Waals surface area contributed by atoms with Gasteiger partial charge in [-0.05, 0) is 50.3 Å². The van der Waals surface area contributed by atoms with Gasteiger partial charge in [-0.25, -0.2) is 0 Å². The average molecular weight is 338 g/mol. The Kier molecular flexibility index (Phi) is 8.58. The zero-order valence-electron chi connectivity index (χ0n) is 14.6. The SMILES string of the molecule is CCN(CC)C(=O)c1ccc(NC(=S)NCCC[NH+](C)C)cc1. The molecule has 0 fully saturated rings. The minimum absolute atomic E-state index is 0.0634. The van der Waals surface area contributed by atoms with Crippen molar-refractivity contribution < 1.29 is 9.69 Å². The number of nitrogens with one attached hydrogen (secondary N) is 3. The third-order valence-corrected chi connectivity index (χ3v) is 3.83. The van der Waals surface area contributed by atoms with Crippen molar-refractivity contribution in [3.8, 4) is 0 Å². The van der Waals surface area contributed by atoms with Crippen molar-refractivity contribution in [3.63, 3.8) is 0 Å². The van der Waals surface area contributed by atoms with Crippen LogP contribution in [-0.4, -0.2) is 56.2 Å². The molecule has 0 unspecified atom stereocenters. The molecule has 5 nitrogen and oxygen atoms in total. The van der Waals surface area contributed by atoms with E-state index in [1.807, 2.05) is 38.1 Å². The molecule has 0 bridgehead atoms. The lowest BCUT2D eigenvalue weighted by Gasteiger charge is -2.18. The molecular weight excluding hydrogens is 308 g/mol. The Bertz CT molecular complexity index is 498. The van der Waals surface area contributed by atoms with Gasteiger partial charge in [0.1, 0.15) is 0 Å². The summed E-state index contributed by atoms with van der Waals surface area (Å²) in [5.74, 6) is 0.0634. The van der Waals surface area contributed by atoms with Crippen LogP contribution in [0.2, 0.25) is 0 Å². The minimum Gasteiger partial charge on any atom is -0.362 e. The monoisotopic (exact) mass is 337 g/mol. The topological polar surface area (TPSA) is 48.8 Å². The van der Waals surface area contributed by atoms with Crippen LogP contribution in [0.15, 0.2) is 24.3 Å². The van der Waals surface area contributed by atoms with Crippen molar-refractivity contribution >= 4 is 28.9 Å². The van der Waals surface area contributed by atoms with Gasteiger partial charge in [0.25, 0.3) is 5.91 Å². The molecule has 0 saturated heterocycles. The number of carbonyl (C=O) groups excluding carboxylic acids is 1. The lowest BCUT2D eigenvalue weighted by atomic mass is 10.2. The Morgan fingerprint density at radius 3 is 2.30 bits per heavy atom. The van der Waals surface area contributed by atoms with Crippen LogP contribution in [-0.2, 0) is 0 Å². The van der Waals surface area contributed by atoms with Crippen LogP contribution in [0.3, 0.4) is 0 Å². The average Bonchev–Trinajstić information content (AvgIpc) is 2.53. The third-order valence-electron chi connectivity index (χ3n) is 3.58. The van der Waals surface area contributed by atoms with E-state index in [9.17, 15) is 4.79 Å². The summed E-state index contributed by atoms with van der Waals surface area (Å²) < 4.78 is 0. The van der Waals surface area contributed by atoms with Gasteiger partial charge in [-0.15, -0.1) is 0 Å². The lowest BCUT2D eigenvalue weighted by molar-refractivity contribution is -0.858. The fourth-order valence-electron chi connectivity index (χ4n) is 2.21. The Balaban J connectivity index is 2.47. The first-order chi connectivity index (χ1) is 11.0. The van der Waals surface area contributed by atoms with Gasteiger partial charge in [0.2, 0.25) is 0 Å². The molecule has 0 aliphatic carbocycles. The number of thiocarbonyl (C=S) groups is 1. The maximum absolute atomic E-state index is 12.2. The van der Waals surface area contributed by atoms with Gasteiger partial charge < -0.3 is 20.4 Å². The quantitative estimate of drug-likeness (QED) is 0.489. The standard InChI is InChI=1S/C17H28N4OS/c1-5-21(6-2)16(22)14-8-10-15(11-9-14)19-17(23)18-12-7-13-20(3)4/h8-11H,5-7,12-13H2,1-4H3,(H2,18,19,23)/p+1. The van der Waals surface area contributed by atoms with Crippen molar-refractivity contribution in [2.75, 3.05) is 45.6 Å². The minimum atomic E-state index is 0.0634. The summed E-state index contributed by atoms with van der Waals surface area (Å²) in [5.41, 5.74) is 1.59. The summed E-state index contributed by atoms with van der Waals surface area (Å²) in [4.78, 5) is 15.5. The first-order valence-electron chi connectivity index (χ1n) is 8.21. The maximum Gasteiger partial charge on any atom is 0.253 e. The molecule has 128 valence electrons. The number of anilines is 1. The van der Waals surface area contributed by atoms with Crippen LogP contribution in [0.1, 0.15) is 30.6 Å². The summed E-state index contributed by atoms with van der Waals surface area (Å²) in [6.45, 7) is 7.38. The maximum atomic E-state index is 12.2. The van der Waals surface area contributed by atoms with E-state index < -0.39 is 0 Å². The van der Waals surface area contributed by atoms with Gasteiger partial charge in [0.05, 0.1) is 20.6 Å². The van der Waals surface area contributed by atoms with E-state index in [4.69, 9.17) is 12.2 Å². The summed E-state index contributed by atoms with van der Waals surface area (Å²) in [6.07, 6.45) is 1.07. The second-order valence-electron chi connectivity index (χ2n) is 5.75. The predicted molar refractivity (Wildman–Crippen MR) is 100 cm³/mol. The predicted octanol–water partition coefficient (Wildman–Crippen LogP) is 0.990. The Morgan fingerprint density at radius 2 is 1.78 bits per heavy atom. The number of hydrogen-bond acceptors (Lipinski definition) is 2. The van der Waals surface area contributed by atoms with Crippen LogP contribution in [0.25, 0.3) is 0 Å². The van der Waals surface area contributed by atoms with Gasteiger partial charge in [-0.3, -0.25) is 4.79 Å². The molecule has 3 N–H and O–H groups in total. The van der Waals surface area contributed by atoms with Crippen LogP contribution in [0, 0.1) is 0 Å². The summed E-state index contributed by atoms with van der Waals surface area (Å²) in [6, 6.07) is 7.44. The van der Waals surface area contributed by atoms with Gasteiger partial charge in [-0.1, -0.05) is 0 Å². The van der Waals surface area contributed by atoms with Crippen LogP contribution in [0.4, 0.5) is 5.69 Å². The largest absolute Gasteiger partial charge is 0.362 e. The number of nitrogens with zero attached hydrogens (tertiary/aromatic N) is 1. The second kappa shape index (κ2) is 10.2. The molecule has 1 aromatic carbocycles. The Labute approximate surface area is 145 Å². The fourth-order valence-corrected chi connectivity index (χ4v) is 2.43. The van der Waals surface area contributed by atoms with Crippen LogP contribution >= 0.6 is 12.2 Å². The molecule has 1 aromatic rings. The number of amides is 1. The van der Waals surface area contributed by atoms with E-state index in [2.05, 4.69) is 24.7 Å². The van der Waals surface area contributed by atoms with Gasteiger partial charge >= 0.3 is 0 Å². The van der Waals surface area contributed by atoms with Gasteiger partial charge in [-0.2, -0.15) is 0 Å². The Hall–Kier alpha value is -1.66. The molecule has 0 aliphatic rings. The van der Waals surface area contributed by atoms with Crippen LogP contribution < -0.4 is 15.5 Å². The zero-order chi connectivity index (χ0) is 17.2. The van der Waals surface area contributed by atoms with Gasteiger partial charge in [0.15, 0.2) is 5.11 Å². The van der Waals surface area contributed by atoms with E-state index in [-0.39, 0.29) is 5.91 Å². The first kappa shape index (κ1) is 19.4. The van der Waals surface area contributed by atoms with E-state index in [1.54, 1.807) is 4.90 Å². The van der Waals surface area contributed by atoms with Crippen molar-refractivity contribution in [1.82, 2.24) is 10.2 Å². The molecule has 0 spiro atoms. The van der Waals surface area contributed by atoms with E-state index in [0.29, 0.717) is 10.7 Å². The number of benzene rings is 1. The van der Waals surface area contributed by atoms with Crippen molar-refractivity contribution in [2.24, 2.45) is 0 Å². The summed E-state index contributed by atoms with van der Waals surface area (Å²) in [7, 11) is 4.27. The highest BCUT2D eigenvalue weighted by Crippen LogP contribution is 2.11. The summed E-state index contributed by atoms with van der Waals surface area (Å²) >= 11 is 5.27. The molecule has 0 radical (unpaired) electrons. The highest BCUT2D eigenvalue weighted by Gasteiger charge is 2.11. The van der Waals surface area contributed by atoms with Crippen LogP contribution in [0.5, 0.6) is 0 Å². The number of rotatable bonds is 8. The van der Waals surface area contributed by atoms with E-state index >= 15 is 0 Å². The zero-order valence-corrected chi connectivity index (χ0v) is 15.4. The molecule has 0 heterocycles. The number of hydrogen-bond donors (Lipinski definition) is 3. The second-order valence-corrected chi connectivity index (χ2v) is 6.15. The van der Waals surface area contributed by atoms with Crippen molar-refractivity contribution in [1.29, 1.82) is 0 Å². The highest BCUT2D eigenvalue weighted by molar-refractivity contribution is 7.80. The molecule has 0 aromatic heterocycles. The molecule has 23 heavy (non-hydrogen) atoms. The molecule has 0 atom stereocenters. The Morgan fingerprint density at radius 1 is 1.17 bits per heavy atom.